The molecule has 5 heteroatoms. The van der Waals surface area contributed by atoms with E-state index in [4.69, 9.17) is 0 Å². The van der Waals surface area contributed by atoms with E-state index in [2.05, 4.69) is 15.5 Å². The molecule has 20 heavy (non-hydrogen) atoms. The van der Waals surface area contributed by atoms with Crippen LogP contribution in [-0.2, 0) is 6.54 Å². The number of fused-ring (bicyclic) bond motifs is 1. The van der Waals surface area contributed by atoms with Crippen molar-refractivity contribution in [1.29, 1.82) is 0 Å². The van der Waals surface area contributed by atoms with Gasteiger partial charge in [-0.25, -0.2) is 4.39 Å². The van der Waals surface area contributed by atoms with Gasteiger partial charge in [-0.2, -0.15) is 5.10 Å². The molecule has 0 aliphatic rings. The standard InChI is InChI=1S/C15H12FN3O/c16-13-4-2-1-3-11(13)8-17-15(20)10-5-6-14-12(7-10)9-18-19-14/h1-7,9H,8H2,(H,17,20)(H,18,19). The number of aromatic amines is 1. The number of nitrogens with one attached hydrogen (secondary N) is 2. The number of carbonyl (C=O) groups excluding carboxylic acids is 1. The molecule has 3 rings (SSSR count). The van der Waals surface area contributed by atoms with Crippen LogP contribution in [0.4, 0.5) is 4.39 Å². The van der Waals surface area contributed by atoms with Crippen molar-refractivity contribution in [2.75, 3.05) is 0 Å². The summed E-state index contributed by atoms with van der Waals surface area (Å²) in [6, 6.07) is 11.6. The highest BCUT2D eigenvalue weighted by molar-refractivity contribution is 5.97. The normalized spacial score (nSPS) is 10.7. The molecule has 1 heterocycles. The Labute approximate surface area is 114 Å². The molecule has 0 saturated carbocycles. The number of hydrogen-bond donors (Lipinski definition) is 2. The van der Waals surface area contributed by atoms with Gasteiger partial charge in [-0.1, -0.05) is 18.2 Å². The lowest BCUT2D eigenvalue weighted by molar-refractivity contribution is 0.0950. The fourth-order valence-corrected chi connectivity index (χ4v) is 2.00. The van der Waals surface area contributed by atoms with Gasteiger partial charge in [-0.05, 0) is 24.3 Å². The quantitative estimate of drug-likeness (QED) is 0.768. The second-order valence-corrected chi connectivity index (χ2v) is 4.45. The highest BCUT2D eigenvalue weighted by Crippen LogP contribution is 2.13. The van der Waals surface area contributed by atoms with Crippen molar-refractivity contribution in [1.82, 2.24) is 15.5 Å². The van der Waals surface area contributed by atoms with Crippen molar-refractivity contribution < 1.29 is 9.18 Å². The highest BCUT2D eigenvalue weighted by atomic mass is 19.1. The van der Waals surface area contributed by atoms with Crippen molar-refractivity contribution in [3.8, 4) is 0 Å². The van der Waals surface area contributed by atoms with Gasteiger partial charge < -0.3 is 5.32 Å². The van der Waals surface area contributed by atoms with Crippen molar-refractivity contribution in [3.05, 3.63) is 65.6 Å². The Balaban J connectivity index is 1.74. The molecule has 0 atom stereocenters. The van der Waals surface area contributed by atoms with Crippen LogP contribution in [0.2, 0.25) is 0 Å². The third kappa shape index (κ3) is 2.38. The highest BCUT2D eigenvalue weighted by Gasteiger charge is 2.08. The summed E-state index contributed by atoms with van der Waals surface area (Å²) < 4.78 is 13.4. The van der Waals surface area contributed by atoms with E-state index in [0.717, 1.165) is 10.9 Å². The number of carbonyl (C=O) groups is 1. The number of nitrogens with zero attached hydrogens (tertiary/aromatic N) is 1. The number of hydrogen-bond acceptors (Lipinski definition) is 2. The van der Waals surface area contributed by atoms with E-state index in [1.54, 1.807) is 42.6 Å². The van der Waals surface area contributed by atoms with Crippen LogP contribution >= 0.6 is 0 Å². The molecule has 0 aliphatic heterocycles. The molecule has 0 fully saturated rings. The molecule has 0 bridgehead atoms. The first-order chi connectivity index (χ1) is 9.74. The molecule has 1 aromatic heterocycles. The van der Waals surface area contributed by atoms with E-state index in [1.165, 1.54) is 6.07 Å². The lowest BCUT2D eigenvalue weighted by Gasteiger charge is -2.06. The molecule has 100 valence electrons. The van der Waals surface area contributed by atoms with E-state index in [0.29, 0.717) is 11.1 Å². The van der Waals surface area contributed by atoms with Crippen LogP contribution in [0.3, 0.4) is 0 Å². The Hall–Kier alpha value is -2.69. The van der Waals surface area contributed by atoms with E-state index >= 15 is 0 Å². The zero-order valence-corrected chi connectivity index (χ0v) is 10.6. The topological polar surface area (TPSA) is 57.8 Å². The molecule has 0 saturated heterocycles. The minimum absolute atomic E-state index is 0.162. The summed E-state index contributed by atoms with van der Waals surface area (Å²) in [5.74, 6) is -0.561. The van der Waals surface area contributed by atoms with E-state index < -0.39 is 0 Å². The Morgan fingerprint density at radius 2 is 2.10 bits per heavy atom. The number of aromatic nitrogens is 2. The largest absolute Gasteiger partial charge is 0.348 e. The zero-order chi connectivity index (χ0) is 13.9. The van der Waals surface area contributed by atoms with Gasteiger partial charge in [-0.3, -0.25) is 9.89 Å². The molecule has 3 aromatic rings. The lowest BCUT2D eigenvalue weighted by atomic mass is 10.1. The number of halogens is 1. The maximum Gasteiger partial charge on any atom is 0.251 e. The van der Waals surface area contributed by atoms with Gasteiger partial charge in [0.15, 0.2) is 0 Å². The Bertz CT molecular complexity index is 766. The first-order valence-corrected chi connectivity index (χ1v) is 6.19. The maximum atomic E-state index is 13.4. The third-order valence-corrected chi connectivity index (χ3v) is 3.10. The molecule has 1 amide bonds. The van der Waals surface area contributed by atoms with Crippen molar-refractivity contribution in [2.24, 2.45) is 0 Å². The van der Waals surface area contributed by atoms with E-state index in [-0.39, 0.29) is 18.3 Å². The van der Waals surface area contributed by atoms with Crippen molar-refractivity contribution >= 4 is 16.8 Å². The predicted molar refractivity (Wildman–Crippen MR) is 73.7 cm³/mol. The van der Waals surface area contributed by atoms with Crippen LogP contribution < -0.4 is 5.32 Å². The smallest absolute Gasteiger partial charge is 0.251 e. The maximum absolute atomic E-state index is 13.4. The van der Waals surface area contributed by atoms with Gasteiger partial charge in [0.25, 0.3) is 5.91 Å². The van der Waals surface area contributed by atoms with Gasteiger partial charge >= 0.3 is 0 Å². The number of amides is 1. The molecule has 0 radical (unpaired) electrons. The monoisotopic (exact) mass is 269 g/mol. The molecule has 0 unspecified atom stereocenters. The average molecular weight is 269 g/mol. The molecule has 0 aliphatic carbocycles. The minimum Gasteiger partial charge on any atom is -0.348 e. The second-order valence-electron chi connectivity index (χ2n) is 4.45. The Kier molecular flexibility index (Phi) is 3.16. The summed E-state index contributed by atoms with van der Waals surface area (Å²) >= 11 is 0. The number of rotatable bonds is 3. The Morgan fingerprint density at radius 3 is 2.95 bits per heavy atom. The first-order valence-electron chi connectivity index (χ1n) is 6.19. The van der Waals surface area contributed by atoms with E-state index in [1.807, 2.05) is 0 Å². The SMILES string of the molecule is O=C(NCc1ccccc1F)c1ccc2[nH]ncc2c1. The fourth-order valence-electron chi connectivity index (χ4n) is 2.00. The predicted octanol–water partition coefficient (Wildman–Crippen LogP) is 2.63. The molecule has 2 N–H and O–H groups in total. The van der Waals surface area contributed by atoms with Gasteiger partial charge in [0.1, 0.15) is 5.82 Å². The van der Waals surface area contributed by atoms with Crippen molar-refractivity contribution in [3.63, 3.8) is 0 Å². The van der Waals surface area contributed by atoms with Crippen molar-refractivity contribution in [2.45, 2.75) is 6.54 Å². The zero-order valence-electron chi connectivity index (χ0n) is 10.6. The average Bonchev–Trinajstić information content (AvgIpc) is 2.93. The number of benzene rings is 2. The molecular formula is C15H12FN3O. The number of H-pyrrole nitrogens is 1. The van der Waals surface area contributed by atoms with Crippen LogP contribution in [-0.4, -0.2) is 16.1 Å². The van der Waals surface area contributed by atoms with Gasteiger partial charge in [0.05, 0.1) is 11.7 Å². The van der Waals surface area contributed by atoms with Crippen LogP contribution in [0.25, 0.3) is 10.9 Å². The summed E-state index contributed by atoms with van der Waals surface area (Å²) in [6.07, 6.45) is 1.66. The van der Waals surface area contributed by atoms with Crippen LogP contribution in [0.15, 0.2) is 48.7 Å². The second kappa shape index (κ2) is 5.13. The van der Waals surface area contributed by atoms with Gasteiger partial charge in [0, 0.05) is 23.1 Å². The fraction of sp³-hybridized carbons (Fsp3) is 0.0667. The summed E-state index contributed by atoms with van der Waals surface area (Å²) in [4.78, 5) is 12.0. The van der Waals surface area contributed by atoms with Gasteiger partial charge in [-0.15, -0.1) is 0 Å². The summed E-state index contributed by atoms with van der Waals surface area (Å²) in [5.41, 5.74) is 1.86. The van der Waals surface area contributed by atoms with Gasteiger partial charge in [0.2, 0.25) is 0 Å². The summed E-state index contributed by atoms with van der Waals surface area (Å²) in [5, 5.41) is 10.3. The Morgan fingerprint density at radius 1 is 1.25 bits per heavy atom. The molecular weight excluding hydrogens is 257 g/mol. The minimum atomic E-state index is -0.321. The molecule has 2 aromatic carbocycles. The molecule has 4 nitrogen and oxygen atoms in total. The third-order valence-electron chi connectivity index (χ3n) is 3.10. The van der Waals surface area contributed by atoms with Crippen LogP contribution in [0, 0.1) is 5.82 Å². The van der Waals surface area contributed by atoms with Crippen LogP contribution in [0.5, 0.6) is 0 Å². The summed E-state index contributed by atoms with van der Waals surface area (Å²) in [6.45, 7) is 0.162. The summed E-state index contributed by atoms with van der Waals surface area (Å²) in [7, 11) is 0. The molecule has 0 spiro atoms. The lowest BCUT2D eigenvalue weighted by Crippen LogP contribution is -2.23. The van der Waals surface area contributed by atoms with Crippen LogP contribution in [0.1, 0.15) is 15.9 Å². The first kappa shape index (κ1) is 12.3. The van der Waals surface area contributed by atoms with E-state index in [9.17, 15) is 9.18 Å².